The molecule has 2 aromatic rings. The predicted octanol–water partition coefficient (Wildman–Crippen LogP) is 10.9. The highest BCUT2D eigenvalue weighted by molar-refractivity contribution is 6.33. The minimum atomic E-state index is -1.65. The second-order valence-electron chi connectivity index (χ2n) is 17.0. The number of phenols is 2. The fourth-order valence-corrected chi connectivity index (χ4v) is 8.15. The number of aromatic hydroxyl groups is 2. The van der Waals surface area contributed by atoms with Crippen LogP contribution in [0.4, 0.5) is 20.2 Å². The first-order valence-electron chi connectivity index (χ1n) is 23.7. The van der Waals surface area contributed by atoms with Gasteiger partial charge in [0.25, 0.3) is 0 Å². The Morgan fingerprint density at radius 2 is 0.790 bits per heavy atom. The molecule has 1 aliphatic carbocycles. The average molecular weight is 871 g/mol. The molecule has 0 amide bonds. The Labute approximate surface area is 368 Å². The Bertz CT molecular complexity index is 1590. The average Bonchev–Trinajstić information content (AvgIpc) is 3.26. The number of anilines is 2. The summed E-state index contributed by atoms with van der Waals surface area (Å²) in [6, 6.07) is -0.754. The van der Waals surface area contributed by atoms with Gasteiger partial charge < -0.3 is 41.3 Å². The Hall–Kier alpha value is -3.84. The van der Waals surface area contributed by atoms with Crippen LogP contribution in [-0.4, -0.2) is 79.7 Å². The highest BCUT2D eigenvalue weighted by atomic mass is 19.2. The monoisotopic (exact) mass is 871 g/mol. The number of nitrogens with one attached hydrogen (secondary N) is 2. The molecular formula is C50H76F2N2O8. The van der Waals surface area contributed by atoms with Crippen molar-refractivity contribution in [3.05, 3.63) is 70.3 Å². The van der Waals surface area contributed by atoms with Crippen molar-refractivity contribution in [2.24, 2.45) is 0 Å². The molecule has 62 heavy (non-hydrogen) atoms. The number of ketones is 2. The van der Waals surface area contributed by atoms with Gasteiger partial charge in [-0.25, -0.2) is 8.78 Å². The van der Waals surface area contributed by atoms with E-state index in [1.807, 2.05) is 0 Å². The van der Waals surface area contributed by atoms with Crippen LogP contribution < -0.4 is 10.6 Å². The number of benzene rings is 2. The maximum Gasteiger partial charge on any atom is 0.200 e. The Balaban J connectivity index is 1.73. The fraction of sp³-hybridized carbons (Fsp3) is 0.640. The number of allylic oxidation sites excluding steroid dienone is 2. The van der Waals surface area contributed by atoms with Crippen LogP contribution in [-0.2, 0) is 0 Å². The lowest BCUT2D eigenvalue weighted by Gasteiger charge is -2.30. The number of rotatable bonds is 34. The van der Waals surface area contributed by atoms with Crippen molar-refractivity contribution in [3.8, 4) is 11.5 Å². The van der Waals surface area contributed by atoms with Crippen molar-refractivity contribution in [2.75, 3.05) is 23.8 Å². The zero-order chi connectivity index (χ0) is 45.3. The second kappa shape index (κ2) is 29.5. The van der Waals surface area contributed by atoms with E-state index in [4.69, 9.17) is 0 Å². The van der Waals surface area contributed by atoms with Crippen LogP contribution in [0, 0.1) is 11.6 Å². The van der Waals surface area contributed by atoms with Crippen molar-refractivity contribution >= 4 is 22.9 Å². The summed E-state index contributed by atoms with van der Waals surface area (Å²) in [6.07, 6.45) is 30.8. The van der Waals surface area contributed by atoms with Gasteiger partial charge in [-0.3, -0.25) is 9.59 Å². The van der Waals surface area contributed by atoms with Gasteiger partial charge in [0.15, 0.2) is 11.6 Å². The summed E-state index contributed by atoms with van der Waals surface area (Å²) >= 11 is 0. The number of hydrogen-bond donors (Lipinski definition) is 8. The van der Waals surface area contributed by atoms with Gasteiger partial charge in [-0.15, -0.1) is 0 Å². The Kier molecular flexibility index (Phi) is 25.0. The van der Waals surface area contributed by atoms with Crippen molar-refractivity contribution in [1.82, 2.24) is 0 Å². The zero-order valence-corrected chi connectivity index (χ0v) is 37.4. The van der Waals surface area contributed by atoms with Crippen LogP contribution in [0.25, 0.3) is 0 Å². The van der Waals surface area contributed by atoms with E-state index in [1.54, 1.807) is 12.2 Å². The zero-order valence-electron chi connectivity index (χ0n) is 37.4. The summed E-state index contributed by atoms with van der Waals surface area (Å²) in [4.78, 5) is 28.2. The Morgan fingerprint density at radius 1 is 0.500 bits per heavy atom. The van der Waals surface area contributed by atoms with Crippen molar-refractivity contribution < 1.29 is 49.0 Å². The van der Waals surface area contributed by atoms with E-state index in [-0.39, 0.29) is 0 Å². The van der Waals surface area contributed by atoms with Gasteiger partial charge in [-0.2, -0.15) is 0 Å². The van der Waals surface area contributed by atoms with E-state index >= 15 is 8.78 Å². The van der Waals surface area contributed by atoms with Crippen molar-refractivity contribution in [1.29, 1.82) is 0 Å². The molecule has 12 heteroatoms. The number of fused-ring (bicyclic) bond motifs is 2. The van der Waals surface area contributed by atoms with E-state index in [1.165, 1.54) is 102 Å². The topological polar surface area (TPSA) is 180 Å². The minimum Gasteiger partial charge on any atom is -0.507 e. The molecule has 0 fully saturated rings. The third kappa shape index (κ3) is 16.1. The minimum absolute atomic E-state index is 0.639. The van der Waals surface area contributed by atoms with Gasteiger partial charge in [0.05, 0.1) is 71.1 Å². The van der Waals surface area contributed by atoms with E-state index in [0.29, 0.717) is 12.8 Å². The van der Waals surface area contributed by atoms with Gasteiger partial charge in [0, 0.05) is 0 Å². The molecule has 0 radical (unpaired) electrons. The molecular weight excluding hydrogens is 795 g/mol. The number of phenolic OH excluding ortho intramolecular Hbond substituents is 2. The molecule has 0 aliphatic heterocycles. The van der Waals surface area contributed by atoms with Crippen molar-refractivity contribution in [2.45, 2.75) is 192 Å². The highest BCUT2D eigenvalue weighted by Crippen LogP contribution is 2.45. The maximum absolute atomic E-state index is 16.3. The van der Waals surface area contributed by atoms with Gasteiger partial charge in [-0.1, -0.05) is 167 Å². The summed E-state index contributed by atoms with van der Waals surface area (Å²) in [7, 11) is 0. The van der Waals surface area contributed by atoms with E-state index in [9.17, 15) is 40.2 Å². The van der Waals surface area contributed by atoms with Gasteiger partial charge in [-0.05, 0) is 37.8 Å². The summed E-state index contributed by atoms with van der Waals surface area (Å²) < 4.78 is 32.6. The molecule has 4 atom stereocenters. The lowest BCUT2D eigenvalue weighted by molar-refractivity contribution is 0.0973. The molecule has 8 N–H and O–H groups in total. The molecule has 0 heterocycles. The number of unbranched alkanes of at least 4 members (excludes halogenated alkanes) is 22. The third-order valence-corrected chi connectivity index (χ3v) is 11.9. The number of carbonyl (C=O) groups excluding carboxylic acids is 2. The molecule has 0 bridgehead atoms. The van der Waals surface area contributed by atoms with Crippen molar-refractivity contribution in [3.63, 3.8) is 0 Å². The van der Waals surface area contributed by atoms with E-state index in [2.05, 4.69) is 24.5 Å². The quantitative estimate of drug-likeness (QED) is 0.0164. The van der Waals surface area contributed by atoms with Gasteiger partial charge in [0.1, 0.15) is 11.5 Å². The summed E-state index contributed by atoms with van der Waals surface area (Å²) in [5.74, 6) is -6.96. The molecule has 0 saturated heterocycles. The normalized spacial score (nSPS) is 14.6. The van der Waals surface area contributed by atoms with Crippen LogP contribution in [0.5, 0.6) is 11.5 Å². The van der Waals surface area contributed by atoms with Crippen LogP contribution in [0.15, 0.2) is 36.4 Å². The molecule has 1 aliphatic rings. The molecule has 348 valence electrons. The first kappa shape index (κ1) is 52.5. The highest BCUT2D eigenvalue weighted by Gasteiger charge is 2.42. The molecule has 10 nitrogen and oxygen atoms in total. The Morgan fingerprint density at radius 3 is 1.08 bits per heavy atom. The van der Waals surface area contributed by atoms with Crippen LogP contribution in [0.2, 0.25) is 0 Å². The third-order valence-electron chi connectivity index (χ3n) is 11.9. The van der Waals surface area contributed by atoms with E-state index in [0.717, 1.165) is 63.5 Å². The molecule has 4 unspecified atom stereocenters. The first-order chi connectivity index (χ1) is 30.0. The van der Waals surface area contributed by atoms with Gasteiger partial charge >= 0.3 is 0 Å². The first-order valence-corrected chi connectivity index (χ1v) is 23.7. The smallest absolute Gasteiger partial charge is 0.200 e. The molecule has 3 rings (SSSR count). The van der Waals surface area contributed by atoms with Crippen LogP contribution in [0.3, 0.4) is 0 Å². The molecule has 0 saturated carbocycles. The summed E-state index contributed by atoms with van der Waals surface area (Å²) in [5, 5.41) is 69.0. The lowest BCUT2D eigenvalue weighted by atomic mass is 9.80. The molecule has 0 spiro atoms. The molecule has 2 aromatic carbocycles. The number of hydrogen-bond acceptors (Lipinski definition) is 10. The number of aliphatic hydroxyl groups excluding tert-OH is 4. The SMILES string of the molecule is CCCCCCCCCCCCCC=CC(O)C(CO)Nc1c(F)c(F)c(NC(CO)C(O)/C=C/CCCCCCCCCCCCC)c2c1C(=O)c1c(O)ccc(O)c1C2=O. The lowest BCUT2D eigenvalue weighted by Crippen LogP contribution is -2.39. The fourth-order valence-electron chi connectivity index (χ4n) is 8.15. The number of carbonyl (C=O) groups is 2. The summed E-state index contributed by atoms with van der Waals surface area (Å²) in [5.41, 5.74) is -4.42. The van der Waals surface area contributed by atoms with Crippen LogP contribution in [0.1, 0.15) is 200 Å². The maximum atomic E-state index is 16.3. The van der Waals surface area contributed by atoms with Gasteiger partial charge in [0.2, 0.25) is 11.6 Å². The largest absolute Gasteiger partial charge is 0.507 e. The molecule has 0 aromatic heterocycles. The predicted molar refractivity (Wildman–Crippen MR) is 244 cm³/mol. The van der Waals surface area contributed by atoms with E-state index < -0.39 is 106 Å². The standard InChI is InChI=1S/C50H76F2N2O8/c1-3-5-7-9-11-13-15-17-19-21-23-25-27-29-37(57)35(33-55)53-47-43-44(50(62)42-40(60)32-31-39(59)41(42)49(43)61)48(46(52)45(47)51)54-36(34-56)38(58)30-28-26-24-22-20-18-16-14-12-10-8-6-4-2/h27-32,35-38,53-60H,3-26,33-34H2,1-2H3/b29-27+,30-28?. The van der Waals surface area contributed by atoms with Crippen LogP contribution >= 0.6 is 0 Å². The summed E-state index contributed by atoms with van der Waals surface area (Å²) in [6.45, 7) is 2.86. The second-order valence-corrected chi connectivity index (χ2v) is 17.0. The number of halogens is 2. The number of aliphatic hydroxyl groups is 4.